The van der Waals surface area contributed by atoms with Crippen LogP contribution in [-0.4, -0.2) is 46.8 Å². The number of nitrogens with zero attached hydrogens (tertiary/aromatic N) is 4. The van der Waals surface area contributed by atoms with Crippen molar-refractivity contribution in [2.75, 3.05) is 31.1 Å². The van der Waals surface area contributed by atoms with E-state index in [0.717, 1.165) is 42.6 Å². The van der Waals surface area contributed by atoms with Gasteiger partial charge in [-0.25, -0.2) is 0 Å². The van der Waals surface area contributed by atoms with Crippen LogP contribution in [0.2, 0.25) is 5.02 Å². The molecule has 6 heteroatoms. The molecule has 2 aromatic rings. The topological polar surface area (TPSA) is 41.4 Å². The molecule has 23 heavy (non-hydrogen) atoms. The van der Waals surface area contributed by atoms with Crippen molar-refractivity contribution in [2.24, 2.45) is 0 Å². The summed E-state index contributed by atoms with van der Waals surface area (Å²) in [6, 6.07) is 9.51. The summed E-state index contributed by atoms with van der Waals surface area (Å²) in [4.78, 5) is 16.9. The molecule has 1 saturated heterocycles. The van der Waals surface area contributed by atoms with E-state index in [1.807, 2.05) is 49.1 Å². The molecular formula is C17H21ClN4O. The highest BCUT2D eigenvalue weighted by Gasteiger charge is 2.26. The third-order valence-electron chi connectivity index (χ3n) is 4.38. The van der Waals surface area contributed by atoms with Crippen molar-refractivity contribution in [1.29, 1.82) is 0 Å². The van der Waals surface area contributed by atoms with Gasteiger partial charge in [-0.05, 0) is 44.2 Å². The number of anilines is 1. The second-order valence-electron chi connectivity index (χ2n) is 5.88. The molecule has 1 aliphatic heterocycles. The van der Waals surface area contributed by atoms with Crippen molar-refractivity contribution in [1.82, 2.24) is 14.7 Å². The molecule has 1 aliphatic rings. The van der Waals surface area contributed by atoms with Crippen LogP contribution in [-0.2, 0) is 4.79 Å². The Labute approximate surface area is 141 Å². The number of halogens is 1. The van der Waals surface area contributed by atoms with E-state index >= 15 is 0 Å². The average molecular weight is 333 g/mol. The number of carbonyl (C=O) groups excluding carboxylic acids is 1. The maximum atomic E-state index is 12.7. The first-order valence-electron chi connectivity index (χ1n) is 7.85. The van der Waals surface area contributed by atoms with Crippen LogP contribution in [0.15, 0.2) is 36.5 Å². The van der Waals surface area contributed by atoms with Crippen molar-refractivity contribution < 1.29 is 4.79 Å². The summed E-state index contributed by atoms with van der Waals surface area (Å²) in [6.45, 7) is 7.00. The number of amides is 1. The number of piperazine rings is 1. The highest BCUT2D eigenvalue weighted by Crippen LogP contribution is 2.20. The van der Waals surface area contributed by atoms with E-state index in [1.165, 1.54) is 0 Å². The zero-order valence-electron chi connectivity index (χ0n) is 13.4. The molecule has 122 valence electrons. The van der Waals surface area contributed by atoms with E-state index in [0.29, 0.717) is 0 Å². The SMILES string of the molecule is Cc1ccnn1C(C)C(=O)N1CCN(c2ccc(Cl)cc2)CC1. The second-order valence-corrected chi connectivity index (χ2v) is 6.32. The Morgan fingerprint density at radius 2 is 1.78 bits per heavy atom. The van der Waals surface area contributed by atoms with Crippen molar-refractivity contribution in [3.05, 3.63) is 47.2 Å². The van der Waals surface area contributed by atoms with Gasteiger partial charge in [0.25, 0.3) is 0 Å². The van der Waals surface area contributed by atoms with Gasteiger partial charge in [0.05, 0.1) is 0 Å². The summed E-state index contributed by atoms with van der Waals surface area (Å²) in [5.41, 5.74) is 2.16. The smallest absolute Gasteiger partial charge is 0.247 e. The Morgan fingerprint density at radius 1 is 1.13 bits per heavy atom. The lowest BCUT2D eigenvalue weighted by molar-refractivity contribution is -0.134. The zero-order valence-corrected chi connectivity index (χ0v) is 14.2. The van der Waals surface area contributed by atoms with E-state index in [2.05, 4.69) is 10.00 Å². The summed E-state index contributed by atoms with van der Waals surface area (Å²) >= 11 is 5.93. The van der Waals surface area contributed by atoms with Crippen LogP contribution >= 0.6 is 11.6 Å². The van der Waals surface area contributed by atoms with Crippen molar-refractivity contribution >= 4 is 23.2 Å². The lowest BCUT2D eigenvalue weighted by Crippen LogP contribution is -2.50. The average Bonchev–Trinajstić information content (AvgIpc) is 3.00. The van der Waals surface area contributed by atoms with Gasteiger partial charge in [0.2, 0.25) is 5.91 Å². The Kier molecular flexibility index (Phi) is 4.57. The Hall–Kier alpha value is -2.01. The minimum atomic E-state index is -0.257. The summed E-state index contributed by atoms with van der Waals surface area (Å²) in [5, 5.41) is 4.99. The van der Waals surface area contributed by atoms with Crippen LogP contribution in [0.3, 0.4) is 0 Å². The normalized spacial score (nSPS) is 16.5. The van der Waals surface area contributed by atoms with Gasteiger partial charge in [-0.2, -0.15) is 5.10 Å². The molecule has 1 unspecified atom stereocenters. The number of rotatable bonds is 3. The van der Waals surface area contributed by atoms with Crippen molar-refractivity contribution in [3.63, 3.8) is 0 Å². The molecule has 0 spiro atoms. The first kappa shape index (κ1) is 15.9. The van der Waals surface area contributed by atoms with E-state index in [1.54, 1.807) is 10.9 Å². The van der Waals surface area contributed by atoms with E-state index in [9.17, 15) is 4.79 Å². The molecule has 0 aliphatic carbocycles. The largest absolute Gasteiger partial charge is 0.368 e. The fourth-order valence-electron chi connectivity index (χ4n) is 2.99. The van der Waals surface area contributed by atoms with Gasteiger partial charge in [-0.3, -0.25) is 9.48 Å². The van der Waals surface area contributed by atoms with Crippen LogP contribution < -0.4 is 4.90 Å². The predicted octanol–water partition coefficient (Wildman–Crippen LogP) is 2.75. The minimum Gasteiger partial charge on any atom is -0.368 e. The van der Waals surface area contributed by atoms with Gasteiger partial charge in [0, 0.05) is 48.8 Å². The van der Waals surface area contributed by atoms with E-state index < -0.39 is 0 Å². The second kappa shape index (κ2) is 6.62. The molecule has 0 bridgehead atoms. The van der Waals surface area contributed by atoms with Crippen LogP contribution in [0, 0.1) is 6.92 Å². The highest BCUT2D eigenvalue weighted by atomic mass is 35.5. The van der Waals surface area contributed by atoms with Crippen LogP contribution in [0.4, 0.5) is 5.69 Å². The van der Waals surface area contributed by atoms with Crippen LogP contribution in [0.5, 0.6) is 0 Å². The minimum absolute atomic E-state index is 0.132. The third kappa shape index (κ3) is 3.34. The van der Waals surface area contributed by atoms with Crippen molar-refractivity contribution in [2.45, 2.75) is 19.9 Å². The van der Waals surface area contributed by atoms with E-state index in [4.69, 9.17) is 11.6 Å². The number of hydrogen-bond acceptors (Lipinski definition) is 3. The summed E-state index contributed by atoms with van der Waals surface area (Å²) in [6.07, 6.45) is 1.73. The zero-order chi connectivity index (χ0) is 16.4. The lowest BCUT2D eigenvalue weighted by atomic mass is 10.2. The maximum absolute atomic E-state index is 12.7. The Morgan fingerprint density at radius 3 is 2.35 bits per heavy atom. The Bertz CT molecular complexity index is 674. The highest BCUT2D eigenvalue weighted by molar-refractivity contribution is 6.30. The molecule has 1 aromatic carbocycles. The van der Waals surface area contributed by atoms with Crippen LogP contribution in [0.25, 0.3) is 0 Å². The number of benzene rings is 1. The quantitative estimate of drug-likeness (QED) is 0.868. The molecule has 3 rings (SSSR count). The lowest BCUT2D eigenvalue weighted by Gasteiger charge is -2.37. The van der Waals surface area contributed by atoms with Crippen LogP contribution in [0.1, 0.15) is 18.7 Å². The van der Waals surface area contributed by atoms with Gasteiger partial charge in [-0.15, -0.1) is 0 Å². The van der Waals surface area contributed by atoms with Crippen molar-refractivity contribution in [3.8, 4) is 0 Å². The van der Waals surface area contributed by atoms with Gasteiger partial charge in [0.1, 0.15) is 6.04 Å². The molecule has 1 atom stereocenters. The molecule has 5 nitrogen and oxygen atoms in total. The summed E-state index contributed by atoms with van der Waals surface area (Å²) in [5.74, 6) is 0.132. The Balaban J connectivity index is 1.61. The first-order valence-corrected chi connectivity index (χ1v) is 8.23. The standard InChI is InChI=1S/C17H21ClN4O/c1-13-7-8-19-22(13)14(2)17(23)21-11-9-20(10-12-21)16-5-3-15(18)4-6-16/h3-8,14H,9-12H2,1-2H3. The summed E-state index contributed by atoms with van der Waals surface area (Å²) in [7, 11) is 0. The van der Waals surface area contributed by atoms with Gasteiger partial charge >= 0.3 is 0 Å². The molecular weight excluding hydrogens is 312 g/mol. The monoisotopic (exact) mass is 332 g/mol. The molecule has 1 fully saturated rings. The van der Waals surface area contributed by atoms with Gasteiger partial charge < -0.3 is 9.80 Å². The number of aryl methyl sites for hydroxylation is 1. The number of carbonyl (C=O) groups is 1. The molecule has 0 N–H and O–H groups in total. The molecule has 1 aromatic heterocycles. The molecule has 0 saturated carbocycles. The fourth-order valence-corrected chi connectivity index (χ4v) is 3.12. The molecule has 0 radical (unpaired) electrons. The fraction of sp³-hybridized carbons (Fsp3) is 0.412. The number of aromatic nitrogens is 2. The molecule has 2 heterocycles. The summed E-state index contributed by atoms with van der Waals surface area (Å²) < 4.78 is 1.79. The first-order chi connectivity index (χ1) is 11.1. The molecule has 1 amide bonds. The van der Waals surface area contributed by atoms with Gasteiger partial charge in [0.15, 0.2) is 0 Å². The maximum Gasteiger partial charge on any atom is 0.247 e. The van der Waals surface area contributed by atoms with Gasteiger partial charge in [-0.1, -0.05) is 11.6 Å². The number of hydrogen-bond donors (Lipinski definition) is 0. The van der Waals surface area contributed by atoms with E-state index in [-0.39, 0.29) is 11.9 Å². The third-order valence-corrected chi connectivity index (χ3v) is 4.63. The predicted molar refractivity (Wildman–Crippen MR) is 91.9 cm³/mol.